The minimum absolute atomic E-state index is 0.0703. The number of aromatic nitrogens is 3. The molecule has 0 aliphatic carbocycles. The van der Waals surface area contributed by atoms with Crippen LogP contribution in [0.1, 0.15) is 27.4 Å². The number of ketones is 1. The molecule has 0 spiro atoms. The van der Waals surface area contributed by atoms with Gasteiger partial charge in [0.25, 0.3) is 0 Å². The molecule has 2 heterocycles. The van der Waals surface area contributed by atoms with E-state index in [1.165, 1.54) is 0 Å². The number of rotatable bonds is 5. The first-order valence-electron chi connectivity index (χ1n) is 6.23. The number of halogens is 1. The van der Waals surface area contributed by atoms with E-state index in [0.717, 1.165) is 11.4 Å². The zero-order valence-electron chi connectivity index (χ0n) is 11.7. The Hall–Kier alpha value is -1.53. The van der Waals surface area contributed by atoms with E-state index in [1.807, 2.05) is 13.8 Å². The van der Waals surface area contributed by atoms with Gasteiger partial charge >= 0.3 is 0 Å². The zero-order chi connectivity index (χ0) is 14.7. The highest BCUT2D eigenvalue weighted by Crippen LogP contribution is 2.20. The fourth-order valence-corrected chi connectivity index (χ4v) is 2.51. The highest BCUT2D eigenvalue weighted by molar-refractivity contribution is 9.10. The number of carbonyl (C=O) groups is 1. The van der Waals surface area contributed by atoms with Gasteiger partial charge in [0.2, 0.25) is 5.78 Å². The fraction of sp³-hybridized carbons (Fsp3) is 0.357. The van der Waals surface area contributed by atoms with Crippen LogP contribution in [0.5, 0.6) is 0 Å². The molecule has 0 aromatic carbocycles. The lowest BCUT2D eigenvalue weighted by Crippen LogP contribution is -2.15. The van der Waals surface area contributed by atoms with Gasteiger partial charge in [0.1, 0.15) is 5.69 Å². The van der Waals surface area contributed by atoms with Crippen molar-refractivity contribution in [1.82, 2.24) is 14.8 Å². The van der Waals surface area contributed by atoms with Gasteiger partial charge in [-0.15, -0.1) is 0 Å². The van der Waals surface area contributed by atoms with Gasteiger partial charge in [-0.2, -0.15) is 5.10 Å². The molecule has 5 nitrogen and oxygen atoms in total. The van der Waals surface area contributed by atoms with Gasteiger partial charge in [0.05, 0.1) is 23.8 Å². The molecule has 0 radical (unpaired) electrons. The third-order valence-electron chi connectivity index (χ3n) is 2.86. The molecule has 0 fully saturated rings. The number of nitrogens with zero attached hydrogens (tertiary/aromatic N) is 3. The molecule has 6 heteroatoms. The van der Waals surface area contributed by atoms with Crippen LogP contribution in [-0.2, 0) is 11.3 Å². The lowest BCUT2D eigenvalue weighted by atomic mass is 10.1. The van der Waals surface area contributed by atoms with Crippen molar-refractivity contribution in [2.75, 3.05) is 13.7 Å². The van der Waals surface area contributed by atoms with Crippen molar-refractivity contribution in [3.8, 4) is 0 Å². The summed E-state index contributed by atoms with van der Waals surface area (Å²) in [5.41, 5.74) is 2.81. The van der Waals surface area contributed by atoms with E-state index < -0.39 is 0 Å². The van der Waals surface area contributed by atoms with E-state index in [-0.39, 0.29) is 5.78 Å². The van der Waals surface area contributed by atoms with Gasteiger partial charge in [0.15, 0.2) is 0 Å². The lowest BCUT2D eigenvalue weighted by molar-refractivity contribution is 0.102. The summed E-state index contributed by atoms with van der Waals surface area (Å²) in [7, 11) is 1.62. The van der Waals surface area contributed by atoms with E-state index >= 15 is 0 Å². The van der Waals surface area contributed by atoms with Crippen LogP contribution in [0.25, 0.3) is 0 Å². The third kappa shape index (κ3) is 3.13. The highest BCUT2D eigenvalue weighted by atomic mass is 79.9. The molecule has 2 aromatic rings. The Labute approximate surface area is 126 Å². The molecule has 0 saturated heterocycles. The Morgan fingerprint density at radius 1 is 1.35 bits per heavy atom. The average molecular weight is 338 g/mol. The normalized spacial score (nSPS) is 10.8. The molecule has 0 amide bonds. The number of aryl methyl sites for hydroxylation is 2. The summed E-state index contributed by atoms with van der Waals surface area (Å²) in [5.74, 6) is -0.0703. The van der Waals surface area contributed by atoms with Crippen LogP contribution >= 0.6 is 15.9 Å². The van der Waals surface area contributed by atoms with Gasteiger partial charge in [-0.1, -0.05) is 0 Å². The largest absolute Gasteiger partial charge is 0.383 e. The Morgan fingerprint density at radius 3 is 2.60 bits per heavy atom. The second-order valence-corrected chi connectivity index (χ2v) is 5.38. The molecule has 0 atom stereocenters. The van der Waals surface area contributed by atoms with Crippen LogP contribution in [0.3, 0.4) is 0 Å². The van der Waals surface area contributed by atoms with E-state index in [0.29, 0.717) is 28.9 Å². The van der Waals surface area contributed by atoms with Crippen molar-refractivity contribution in [2.24, 2.45) is 0 Å². The fourth-order valence-electron chi connectivity index (χ4n) is 2.04. The average Bonchev–Trinajstić information content (AvgIpc) is 2.75. The van der Waals surface area contributed by atoms with Crippen LogP contribution in [0.2, 0.25) is 0 Å². The lowest BCUT2D eigenvalue weighted by Gasteiger charge is -2.08. The van der Waals surface area contributed by atoms with Gasteiger partial charge in [-0.3, -0.25) is 14.5 Å². The van der Waals surface area contributed by atoms with Crippen molar-refractivity contribution in [1.29, 1.82) is 0 Å². The topological polar surface area (TPSA) is 57.0 Å². The minimum Gasteiger partial charge on any atom is -0.383 e. The molecule has 0 N–H and O–H groups in total. The summed E-state index contributed by atoms with van der Waals surface area (Å²) in [5, 5.41) is 4.20. The maximum atomic E-state index is 12.7. The summed E-state index contributed by atoms with van der Waals surface area (Å²) in [6.07, 6.45) is 1.63. The maximum Gasteiger partial charge on any atom is 0.212 e. The van der Waals surface area contributed by atoms with Crippen LogP contribution in [0.15, 0.2) is 22.8 Å². The van der Waals surface area contributed by atoms with Crippen molar-refractivity contribution in [3.05, 3.63) is 45.4 Å². The smallest absolute Gasteiger partial charge is 0.212 e. The van der Waals surface area contributed by atoms with Gasteiger partial charge < -0.3 is 4.74 Å². The second-order valence-electron chi connectivity index (χ2n) is 4.52. The molecule has 106 valence electrons. The molecular weight excluding hydrogens is 322 g/mol. The van der Waals surface area contributed by atoms with Gasteiger partial charge in [-0.25, -0.2) is 0 Å². The van der Waals surface area contributed by atoms with Crippen LogP contribution in [-0.4, -0.2) is 34.3 Å². The molecule has 2 rings (SSSR count). The molecule has 2 aromatic heterocycles. The zero-order valence-corrected chi connectivity index (χ0v) is 13.3. The van der Waals surface area contributed by atoms with Crippen molar-refractivity contribution in [3.63, 3.8) is 0 Å². The van der Waals surface area contributed by atoms with E-state index in [9.17, 15) is 4.79 Å². The van der Waals surface area contributed by atoms with E-state index in [1.54, 1.807) is 30.1 Å². The molecule has 20 heavy (non-hydrogen) atoms. The quantitative estimate of drug-likeness (QED) is 0.786. The number of ether oxygens (including phenoxy) is 1. The Bertz CT molecular complexity index is 617. The first kappa shape index (κ1) is 14.9. The summed E-state index contributed by atoms with van der Waals surface area (Å²) < 4.78 is 7.38. The summed E-state index contributed by atoms with van der Waals surface area (Å²) in [6.45, 7) is 4.79. The van der Waals surface area contributed by atoms with Gasteiger partial charge in [0, 0.05) is 24.1 Å². The van der Waals surface area contributed by atoms with Crippen molar-refractivity contribution >= 4 is 21.7 Å². The van der Waals surface area contributed by atoms with E-state index in [4.69, 9.17) is 4.74 Å². The third-order valence-corrected chi connectivity index (χ3v) is 3.44. The van der Waals surface area contributed by atoms with Crippen LogP contribution < -0.4 is 0 Å². The second kappa shape index (κ2) is 6.28. The van der Waals surface area contributed by atoms with Crippen molar-refractivity contribution < 1.29 is 9.53 Å². The first-order chi connectivity index (χ1) is 9.52. The SMILES string of the molecule is COCCn1ncc(Br)c1C(=O)c1cc(C)nc(C)c1. The molecule has 0 saturated carbocycles. The molecule has 0 aliphatic heterocycles. The summed E-state index contributed by atoms with van der Waals surface area (Å²) in [6, 6.07) is 3.57. The van der Waals surface area contributed by atoms with Crippen LogP contribution in [0.4, 0.5) is 0 Å². The molecule has 0 unspecified atom stereocenters. The molecule has 0 aliphatic rings. The highest BCUT2D eigenvalue weighted by Gasteiger charge is 2.19. The monoisotopic (exact) mass is 337 g/mol. The first-order valence-corrected chi connectivity index (χ1v) is 7.02. The number of methoxy groups -OCH3 is 1. The number of carbonyl (C=O) groups excluding carboxylic acids is 1. The Balaban J connectivity index is 2.39. The standard InChI is InChI=1S/C14H16BrN3O2/c1-9-6-11(7-10(2)17-9)14(19)13-12(15)8-16-18(13)4-5-20-3/h6-8H,4-5H2,1-3H3. The Kier molecular flexibility index (Phi) is 4.67. The van der Waals surface area contributed by atoms with Crippen LogP contribution in [0, 0.1) is 13.8 Å². The molecule has 0 bridgehead atoms. The summed E-state index contributed by atoms with van der Waals surface area (Å²) >= 11 is 3.38. The van der Waals surface area contributed by atoms with Crippen molar-refractivity contribution in [2.45, 2.75) is 20.4 Å². The maximum absolute atomic E-state index is 12.7. The predicted octanol–water partition coefficient (Wildman–Crippen LogP) is 2.53. The summed E-state index contributed by atoms with van der Waals surface area (Å²) in [4.78, 5) is 16.9. The predicted molar refractivity (Wildman–Crippen MR) is 78.9 cm³/mol. The minimum atomic E-state index is -0.0703. The Morgan fingerprint density at radius 2 is 2.00 bits per heavy atom. The van der Waals surface area contributed by atoms with E-state index in [2.05, 4.69) is 26.0 Å². The number of hydrogen-bond donors (Lipinski definition) is 0. The number of pyridine rings is 1. The number of hydrogen-bond acceptors (Lipinski definition) is 4. The molecular formula is C14H16BrN3O2. The van der Waals surface area contributed by atoms with Gasteiger partial charge in [-0.05, 0) is 41.9 Å².